The number of hydrogen-bond acceptors (Lipinski definition) is 6. The van der Waals surface area contributed by atoms with Crippen molar-refractivity contribution in [2.24, 2.45) is 11.7 Å². The Morgan fingerprint density at radius 1 is 1.38 bits per heavy atom. The average molecular weight is 331 g/mol. The molecule has 7 nitrogen and oxygen atoms in total. The van der Waals surface area contributed by atoms with Crippen molar-refractivity contribution < 1.29 is 19.1 Å². The van der Waals surface area contributed by atoms with Crippen molar-refractivity contribution in [1.82, 2.24) is 0 Å². The first-order chi connectivity index (χ1) is 11.5. The molecule has 2 aliphatic heterocycles. The van der Waals surface area contributed by atoms with E-state index in [2.05, 4.69) is 4.90 Å². The molecule has 0 bridgehead atoms. The number of anilines is 2. The maximum atomic E-state index is 12.3. The zero-order valence-electron chi connectivity index (χ0n) is 13.6. The van der Waals surface area contributed by atoms with Gasteiger partial charge in [-0.05, 0) is 30.9 Å². The second-order valence-corrected chi connectivity index (χ2v) is 6.80. The number of nitrogens with two attached hydrogens (primary N) is 1. The van der Waals surface area contributed by atoms with Crippen molar-refractivity contribution in [3.8, 4) is 5.75 Å². The standard InChI is InChI=1S/C17H21N3O4/c1-19-6-7-23-14-8-12(4-5-13(14)19)20-9-15(24-16(20)22)17(18,10-21)11-2-3-11/h4-5,8,10-11,15H,2-3,6-7,9,18H2,1H3/t15-,17?/m0/s1. The Morgan fingerprint density at radius 3 is 2.88 bits per heavy atom. The molecule has 4 rings (SSSR count). The van der Waals surface area contributed by atoms with Gasteiger partial charge in [0.15, 0.2) is 0 Å². The minimum atomic E-state index is -1.09. The molecule has 3 aliphatic rings. The summed E-state index contributed by atoms with van der Waals surface area (Å²) < 4.78 is 11.1. The third kappa shape index (κ3) is 2.31. The van der Waals surface area contributed by atoms with E-state index in [0.29, 0.717) is 12.3 Å². The fraction of sp³-hybridized carbons (Fsp3) is 0.529. The Kier molecular flexibility index (Phi) is 3.42. The van der Waals surface area contributed by atoms with Crippen molar-refractivity contribution in [3.05, 3.63) is 18.2 Å². The molecule has 1 saturated heterocycles. The molecule has 2 N–H and O–H groups in total. The molecule has 1 unspecified atom stereocenters. The Balaban J connectivity index is 1.59. The molecule has 0 spiro atoms. The monoisotopic (exact) mass is 331 g/mol. The number of aldehydes is 1. The van der Waals surface area contributed by atoms with Crippen LogP contribution in [0.25, 0.3) is 0 Å². The Labute approximate surface area is 140 Å². The van der Waals surface area contributed by atoms with Gasteiger partial charge in [-0.15, -0.1) is 0 Å². The van der Waals surface area contributed by atoms with Crippen LogP contribution in [0.3, 0.4) is 0 Å². The van der Waals surface area contributed by atoms with Gasteiger partial charge in [-0.25, -0.2) is 4.79 Å². The summed E-state index contributed by atoms with van der Waals surface area (Å²) in [7, 11) is 2.00. The van der Waals surface area contributed by atoms with Gasteiger partial charge in [-0.2, -0.15) is 0 Å². The lowest BCUT2D eigenvalue weighted by Gasteiger charge is -2.29. The third-order valence-electron chi connectivity index (χ3n) is 5.21. The third-order valence-corrected chi connectivity index (χ3v) is 5.21. The Morgan fingerprint density at radius 2 is 2.17 bits per heavy atom. The van der Waals surface area contributed by atoms with E-state index in [1.54, 1.807) is 0 Å². The lowest BCUT2D eigenvalue weighted by atomic mass is 9.89. The molecule has 1 aromatic carbocycles. The summed E-state index contributed by atoms with van der Waals surface area (Å²) in [6.45, 7) is 1.72. The lowest BCUT2D eigenvalue weighted by molar-refractivity contribution is -0.116. The molecule has 0 radical (unpaired) electrons. The summed E-state index contributed by atoms with van der Waals surface area (Å²) >= 11 is 0. The lowest BCUT2D eigenvalue weighted by Crippen LogP contribution is -2.56. The van der Waals surface area contributed by atoms with Gasteiger partial charge in [0.2, 0.25) is 0 Å². The smallest absolute Gasteiger partial charge is 0.414 e. The van der Waals surface area contributed by atoms with Gasteiger partial charge in [0.25, 0.3) is 0 Å². The van der Waals surface area contributed by atoms with Crippen molar-refractivity contribution in [3.63, 3.8) is 0 Å². The molecule has 2 fully saturated rings. The quantitative estimate of drug-likeness (QED) is 0.833. The first kappa shape index (κ1) is 15.3. The molecule has 2 heterocycles. The fourth-order valence-electron chi connectivity index (χ4n) is 3.47. The summed E-state index contributed by atoms with van der Waals surface area (Å²) in [4.78, 5) is 27.5. The van der Waals surface area contributed by atoms with Crippen LogP contribution in [-0.4, -0.2) is 50.8 Å². The summed E-state index contributed by atoms with van der Waals surface area (Å²) in [6.07, 6.45) is 1.47. The van der Waals surface area contributed by atoms with Crippen LogP contribution in [0.5, 0.6) is 5.75 Å². The van der Waals surface area contributed by atoms with Crippen molar-refractivity contribution >= 4 is 23.8 Å². The molecule has 1 aliphatic carbocycles. The second kappa shape index (κ2) is 5.37. The van der Waals surface area contributed by atoms with E-state index in [9.17, 15) is 9.59 Å². The highest BCUT2D eigenvalue weighted by molar-refractivity contribution is 5.91. The van der Waals surface area contributed by atoms with E-state index in [1.807, 2.05) is 25.2 Å². The highest BCUT2D eigenvalue weighted by atomic mass is 16.6. The molecular formula is C17H21N3O4. The van der Waals surface area contributed by atoms with Gasteiger partial charge in [0, 0.05) is 13.1 Å². The minimum Gasteiger partial charge on any atom is -0.489 e. The topological polar surface area (TPSA) is 85.1 Å². The molecule has 2 atom stereocenters. The Hall–Kier alpha value is -2.28. The van der Waals surface area contributed by atoms with E-state index in [4.69, 9.17) is 15.2 Å². The summed E-state index contributed by atoms with van der Waals surface area (Å²) in [5.74, 6) is 0.849. The van der Waals surface area contributed by atoms with Crippen molar-refractivity contribution in [2.75, 3.05) is 36.5 Å². The van der Waals surface area contributed by atoms with E-state index in [0.717, 1.165) is 37.1 Å². The van der Waals surface area contributed by atoms with Crippen LogP contribution < -0.4 is 20.3 Å². The maximum absolute atomic E-state index is 12.3. The first-order valence-electron chi connectivity index (χ1n) is 8.24. The predicted molar refractivity (Wildman–Crippen MR) is 88.5 cm³/mol. The number of amides is 1. The molecular weight excluding hydrogens is 310 g/mol. The summed E-state index contributed by atoms with van der Waals surface area (Å²) in [5, 5.41) is 0. The summed E-state index contributed by atoms with van der Waals surface area (Å²) in [5.41, 5.74) is 6.84. The van der Waals surface area contributed by atoms with Crippen LogP contribution >= 0.6 is 0 Å². The largest absolute Gasteiger partial charge is 0.489 e. The van der Waals surface area contributed by atoms with Crippen molar-refractivity contribution in [1.29, 1.82) is 0 Å². The van der Waals surface area contributed by atoms with E-state index < -0.39 is 17.7 Å². The number of ether oxygens (including phenoxy) is 2. The first-order valence-corrected chi connectivity index (χ1v) is 8.24. The maximum Gasteiger partial charge on any atom is 0.414 e. The Bertz CT molecular complexity index is 690. The highest BCUT2D eigenvalue weighted by Crippen LogP contribution is 2.42. The number of cyclic esters (lactones) is 1. The zero-order valence-corrected chi connectivity index (χ0v) is 13.6. The number of fused-ring (bicyclic) bond motifs is 1. The minimum absolute atomic E-state index is 0.105. The number of nitrogens with zero attached hydrogens (tertiary/aromatic N) is 2. The van der Waals surface area contributed by atoms with Gasteiger partial charge in [0.05, 0.1) is 24.5 Å². The molecule has 1 amide bonds. The molecule has 1 aromatic rings. The number of rotatable bonds is 4. The van der Waals surface area contributed by atoms with E-state index in [-0.39, 0.29) is 12.5 Å². The molecule has 1 saturated carbocycles. The number of carbonyl (C=O) groups is 2. The van der Waals surface area contributed by atoms with Gasteiger partial charge < -0.3 is 24.9 Å². The van der Waals surface area contributed by atoms with Crippen LogP contribution in [-0.2, 0) is 9.53 Å². The molecule has 7 heteroatoms. The van der Waals surface area contributed by atoms with Gasteiger partial charge in [-0.3, -0.25) is 4.90 Å². The normalized spacial score (nSPS) is 25.6. The molecule has 128 valence electrons. The number of likely N-dealkylation sites (N-methyl/N-ethyl adjacent to an activating group) is 1. The zero-order chi connectivity index (χ0) is 16.9. The highest BCUT2D eigenvalue weighted by Gasteiger charge is 2.53. The fourth-order valence-corrected chi connectivity index (χ4v) is 3.47. The van der Waals surface area contributed by atoms with Crippen LogP contribution in [0.4, 0.5) is 16.2 Å². The van der Waals surface area contributed by atoms with Crippen molar-refractivity contribution in [2.45, 2.75) is 24.5 Å². The average Bonchev–Trinajstić information content (AvgIpc) is 3.37. The van der Waals surface area contributed by atoms with E-state index in [1.165, 1.54) is 4.90 Å². The van der Waals surface area contributed by atoms with Crippen LogP contribution in [0, 0.1) is 5.92 Å². The number of carbonyl (C=O) groups excluding carboxylic acids is 2. The number of benzene rings is 1. The van der Waals surface area contributed by atoms with Gasteiger partial charge in [-0.1, -0.05) is 0 Å². The van der Waals surface area contributed by atoms with Gasteiger partial charge in [0.1, 0.15) is 30.3 Å². The van der Waals surface area contributed by atoms with Gasteiger partial charge >= 0.3 is 6.09 Å². The second-order valence-electron chi connectivity index (χ2n) is 6.80. The van der Waals surface area contributed by atoms with E-state index >= 15 is 0 Å². The van der Waals surface area contributed by atoms with Crippen LogP contribution in [0.15, 0.2) is 18.2 Å². The number of hydrogen-bond donors (Lipinski definition) is 1. The summed E-state index contributed by atoms with van der Waals surface area (Å²) in [6, 6.07) is 5.63. The SMILES string of the molecule is CN1CCOc2cc(N3C[C@@H](C(N)(C=O)C4CC4)OC3=O)ccc21. The predicted octanol–water partition coefficient (Wildman–Crippen LogP) is 1.15. The molecule has 24 heavy (non-hydrogen) atoms. The van der Waals surface area contributed by atoms with Crippen LogP contribution in [0.1, 0.15) is 12.8 Å². The molecule has 0 aromatic heterocycles. The van der Waals surface area contributed by atoms with Crippen LogP contribution in [0.2, 0.25) is 0 Å².